The van der Waals surface area contributed by atoms with Crippen molar-refractivity contribution < 1.29 is 15.0 Å². The van der Waals surface area contributed by atoms with Crippen LogP contribution in [0.15, 0.2) is 57.5 Å². The molecule has 0 bridgehead atoms. The second kappa shape index (κ2) is 8.55. The number of phenolic OH excluding ortho intramolecular Hbond substituents is 1. The maximum Gasteiger partial charge on any atom is 0.335 e. The predicted octanol–water partition coefficient (Wildman–Crippen LogP) is 4.64. The van der Waals surface area contributed by atoms with E-state index in [9.17, 15) is 14.7 Å². The standard InChI is InChI=1S/C21H22N4O4/c1-3-4-5-14-6-9-16(10-7-14)25-20(27)19(13(2)24-25)23-22-17-11-8-15(21(28)29)12-18(17)26/h6-12,24,26H,3-5H2,1-2H3,(H,28,29). The number of hydrogen-bond donors (Lipinski definition) is 3. The van der Waals surface area contributed by atoms with Gasteiger partial charge in [-0.25, -0.2) is 9.48 Å². The first-order chi connectivity index (χ1) is 13.9. The molecule has 0 saturated carbocycles. The number of aromatic hydroxyl groups is 1. The summed E-state index contributed by atoms with van der Waals surface area (Å²) >= 11 is 0. The second-order valence-electron chi connectivity index (χ2n) is 6.70. The van der Waals surface area contributed by atoms with Crippen LogP contribution in [0.2, 0.25) is 0 Å². The number of rotatable bonds is 7. The zero-order chi connectivity index (χ0) is 21.0. The van der Waals surface area contributed by atoms with Crippen molar-refractivity contribution in [3.05, 3.63) is 69.6 Å². The molecule has 0 saturated heterocycles. The van der Waals surface area contributed by atoms with Crippen molar-refractivity contribution in [2.24, 2.45) is 10.2 Å². The van der Waals surface area contributed by atoms with Gasteiger partial charge in [-0.3, -0.25) is 9.89 Å². The highest BCUT2D eigenvalue weighted by Gasteiger charge is 2.13. The number of nitrogens with zero attached hydrogens (tertiary/aromatic N) is 3. The van der Waals surface area contributed by atoms with E-state index >= 15 is 0 Å². The molecule has 0 amide bonds. The Balaban J connectivity index is 1.87. The van der Waals surface area contributed by atoms with E-state index in [1.165, 1.54) is 22.4 Å². The van der Waals surface area contributed by atoms with Gasteiger partial charge in [-0.05, 0) is 55.7 Å². The second-order valence-corrected chi connectivity index (χ2v) is 6.70. The molecular formula is C21H22N4O4. The van der Waals surface area contributed by atoms with E-state index in [2.05, 4.69) is 22.3 Å². The molecule has 3 N–H and O–H groups in total. The van der Waals surface area contributed by atoms with Gasteiger partial charge in [-0.1, -0.05) is 25.5 Å². The highest BCUT2D eigenvalue weighted by molar-refractivity contribution is 5.88. The molecule has 2 aromatic carbocycles. The normalized spacial score (nSPS) is 11.2. The largest absolute Gasteiger partial charge is 0.506 e. The summed E-state index contributed by atoms with van der Waals surface area (Å²) in [6.07, 6.45) is 3.24. The van der Waals surface area contributed by atoms with E-state index in [4.69, 9.17) is 5.11 Å². The van der Waals surface area contributed by atoms with Gasteiger partial charge in [-0.15, -0.1) is 10.2 Å². The van der Waals surface area contributed by atoms with E-state index in [-0.39, 0.29) is 28.2 Å². The zero-order valence-electron chi connectivity index (χ0n) is 16.2. The Morgan fingerprint density at radius 3 is 2.48 bits per heavy atom. The number of azo groups is 1. The quantitative estimate of drug-likeness (QED) is 0.506. The molecule has 1 heterocycles. The molecule has 3 rings (SSSR count). The molecule has 8 heteroatoms. The highest BCUT2D eigenvalue weighted by atomic mass is 16.4. The lowest BCUT2D eigenvalue weighted by atomic mass is 10.1. The van der Waals surface area contributed by atoms with Crippen LogP contribution in [0.5, 0.6) is 5.75 Å². The molecule has 0 unspecified atom stereocenters. The van der Waals surface area contributed by atoms with Gasteiger partial charge in [0.15, 0.2) is 5.69 Å². The Hall–Kier alpha value is -3.68. The third kappa shape index (κ3) is 4.43. The van der Waals surface area contributed by atoms with Gasteiger partial charge in [-0.2, -0.15) is 0 Å². The van der Waals surface area contributed by atoms with Crippen LogP contribution in [0.25, 0.3) is 5.69 Å². The molecule has 0 fully saturated rings. The minimum Gasteiger partial charge on any atom is -0.506 e. The van der Waals surface area contributed by atoms with Crippen LogP contribution in [0.3, 0.4) is 0 Å². The number of hydrogen-bond acceptors (Lipinski definition) is 5. The Morgan fingerprint density at radius 2 is 1.86 bits per heavy atom. The molecule has 150 valence electrons. The summed E-state index contributed by atoms with van der Waals surface area (Å²) < 4.78 is 1.39. The average Bonchev–Trinajstić information content (AvgIpc) is 2.99. The van der Waals surface area contributed by atoms with E-state index in [1.807, 2.05) is 24.3 Å². The summed E-state index contributed by atoms with van der Waals surface area (Å²) in [5.41, 5.74) is 2.18. The molecule has 1 aromatic heterocycles. The summed E-state index contributed by atoms with van der Waals surface area (Å²) in [6.45, 7) is 3.85. The Morgan fingerprint density at radius 1 is 1.14 bits per heavy atom. The number of aromatic amines is 1. The number of aromatic nitrogens is 2. The van der Waals surface area contributed by atoms with Crippen LogP contribution in [0, 0.1) is 6.92 Å². The highest BCUT2D eigenvalue weighted by Crippen LogP contribution is 2.29. The lowest BCUT2D eigenvalue weighted by Gasteiger charge is -2.04. The summed E-state index contributed by atoms with van der Waals surface area (Å²) in [5.74, 6) is -1.49. The fourth-order valence-corrected chi connectivity index (χ4v) is 2.87. The number of carbonyl (C=O) groups is 1. The van der Waals surface area contributed by atoms with Gasteiger partial charge in [0, 0.05) is 0 Å². The number of aryl methyl sites for hydroxylation is 2. The topological polar surface area (TPSA) is 120 Å². The van der Waals surface area contributed by atoms with Crippen LogP contribution in [0.4, 0.5) is 11.4 Å². The lowest BCUT2D eigenvalue weighted by Crippen LogP contribution is -2.14. The van der Waals surface area contributed by atoms with Gasteiger partial charge in [0.25, 0.3) is 5.56 Å². The molecule has 0 spiro atoms. The van der Waals surface area contributed by atoms with Crippen LogP contribution < -0.4 is 5.56 Å². The average molecular weight is 394 g/mol. The van der Waals surface area contributed by atoms with Gasteiger partial charge < -0.3 is 10.2 Å². The Kier molecular flexibility index (Phi) is 5.92. The number of benzene rings is 2. The molecule has 0 radical (unpaired) electrons. The van der Waals surface area contributed by atoms with Crippen molar-refractivity contribution in [3.63, 3.8) is 0 Å². The number of aromatic carboxylic acids is 1. The molecule has 29 heavy (non-hydrogen) atoms. The third-order valence-electron chi connectivity index (χ3n) is 4.53. The lowest BCUT2D eigenvalue weighted by molar-refractivity contribution is 0.0696. The van der Waals surface area contributed by atoms with E-state index in [1.54, 1.807) is 6.92 Å². The Labute approximate surface area is 167 Å². The summed E-state index contributed by atoms with van der Waals surface area (Å²) in [6, 6.07) is 11.5. The van der Waals surface area contributed by atoms with Crippen molar-refractivity contribution in [1.82, 2.24) is 9.78 Å². The van der Waals surface area contributed by atoms with Gasteiger partial charge >= 0.3 is 5.97 Å². The van der Waals surface area contributed by atoms with Crippen molar-refractivity contribution in [3.8, 4) is 11.4 Å². The van der Waals surface area contributed by atoms with Crippen LogP contribution in [-0.2, 0) is 6.42 Å². The van der Waals surface area contributed by atoms with Gasteiger partial charge in [0.05, 0.1) is 16.9 Å². The van der Waals surface area contributed by atoms with Gasteiger partial charge in [0.1, 0.15) is 11.4 Å². The minimum absolute atomic E-state index is 0.0657. The number of unbranched alkanes of at least 4 members (excludes halogenated alkanes) is 1. The van der Waals surface area contributed by atoms with Crippen molar-refractivity contribution in [2.45, 2.75) is 33.1 Å². The van der Waals surface area contributed by atoms with Crippen LogP contribution in [0.1, 0.15) is 41.4 Å². The fraction of sp³-hybridized carbons (Fsp3) is 0.238. The van der Waals surface area contributed by atoms with Crippen molar-refractivity contribution in [2.75, 3.05) is 0 Å². The maximum absolute atomic E-state index is 12.7. The Bertz CT molecular complexity index is 1110. The summed E-state index contributed by atoms with van der Waals surface area (Å²) in [5, 5.41) is 29.7. The van der Waals surface area contributed by atoms with Crippen molar-refractivity contribution >= 4 is 17.3 Å². The van der Waals surface area contributed by atoms with Crippen LogP contribution in [-0.4, -0.2) is 26.0 Å². The molecule has 8 nitrogen and oxygen atoms in total. The molecule has 0 aliphatic carbocycles. The number of H-pyrrole nitrogens is 1. The SMILES string of the molecule is CCCCc1ccc(-n2[nH]c(C)c(N=Nc3ccc(C(=O)O)cc3O)c2=O)cc1. The minimum atomic E-state index is -1.16. The van der Waals surface area contributed by atoms with Gasteiger partial charge in [0.2, 0.25) is 0 Å². The zero-order valence-corrected chi connectivity index (χ0v) is 16.2. The number of carboxylic acid groups (broad SMARTS) is 1. The number of nitrogens with one attached hydrogen (secondary N) is 1. The predicted molar refractivity (Wildman–Crippen MR) is 109 cm³/mol. The number of carboxylic acids is 1. The number of phenols is 1. The first kappa shape index (κ1) is 20.1. The monoisotopic (exact) mass is 394 g/mol. The maximum atomic E-state index is 12.7. The summed E-state index contributed by atoms with van der Waals surface area (Å²) in [4.78, 5) is 23.7. The van der Waals surface area contributed by atoms with E-state index < -0.39 is 5.97 Å². The molecule has 0 atom stereocenters. The first-order valence-electron chi connectivity index (χ1n) is 9.29. The van der Waals surface area contributed by atoms with Crippen molar-refractivity contribution in [1.29, 1.82) is 0 Å². The molecular weight excluding hydrogens is 372 g/mol. The van der Waals surface area contributed by atoms with E-state index in [0.717, 1.165) is 25.3 Å². The smallest absolute Gasteiger partial charge is 0.335 e. The molecule has 0 aliphatic rings. The van der Waals surface area contributed by atoms with Crippen LogP contribution >= 0.6 is 0 Å². The molecule has 3 aromatic rings. The van der Waals surface area contributed by atoms with E-state index in [0.29, 0.717) is 11.4 Å². The first-order valence-corrected chi connectivity index (χ1v) is 9.29. The third-order valence-corrected chi connectivity index (χ3v) is 4.53. The molecule has 0 aliphatic heterocycles. The fourth-order valence-electron chi connectivity index (χ4n) is 2.87. The summed E-state index contributed by atoms with van der Waals surface area (Å²) in [7, 11) is 0.